The number of aromatic nitrogens is 3. The SMILES string of the molecule is COCCNC(=O)c1nn(-c2ccc(C)c(Cl)c2)c(=O)n(Cc2ccccc2C)c1=O. The molecule has 8 nitrogen and oxygen atoms in total. The minimum atomic E-state index is -0.766. The molecule has 31 heavy (non-hydrogen) atoms. The number of amides is 1. The van der Waals surface area contributed by atoms with E-state index in [-0.39, 0.29) is 25.4 Å². The Bertz CT molecular complexity index is 1230. The van der Waals surface area contributed by atoms with Crippen molar-refractivity contribution in [3.05, 3.63) is 90.7 Å². The molecule has 0 bridgehead atoms. The Labute approximate surface area is 184 Å². The molecule has 162 valence electrons. The van der Waals surface area contributed by atoms with Gasteiger partial charge in [0.15, 0.2) is 0 Å². The quantitative estimate of drug-likeness (QED) is 0.565. The van der Waals surface area contributed by atoms with Crippen LogP contribution in [0.4, 0.5) is 0 Å². The molecule has 1 N–H and O–H groups in total. The highest BCUT2D eigenvalue weighted by molar-refractivity contribution is 6.31. The van der Waals surface area contributed by atoms with E-state index in [1.54, 1.807) is 18.2 Å². The Hall–Kier alpha value is -3.23. The number of nitrogens with zero attached hydrogens (tertiary/aromatic N) is 3. The van der Waals surface area contributed by atoms with E-state index >= 15 is 0 Å². The second-order valence-corrected chi connectivity index (χ2v) is 7.45. The average molecular weight is 443 g/mol. The number of carbonyl (C=O) groups is 1. The second-order valence-electron chi connectivity index (χ2n) is 7.04. The van der Waals surface area contributed by atoms with Gasteiger partial charge in [0.25, 0.3) is 11.5 Å². The van der Waals surface area contributed by atoms with Gasteiger partial charge in [-0.15, -0.1) is 0 Å². The predicted octanol–water partition coefficient (Wildman–Crippen LogP) is 2.09. The van der Waals surface area contributed by atoms with Gasteiger partial charge in [-0.05, 0) is 42.7 Å². The fourth-order valence-electron chi connectivity index (χ4n) is 2.99. The molecule has 1 amide bonds. The first-order valence-electron chi connectivity index (χ1n) is 9.66. The Morgan fingerprint density at radius 3 is 2.55 bits per heavy atom. The number of ether oxygens (including phenoxy) is 1. The summed E-state index contributed by atoms with van der Waals surface area (Å²) in [5.74, 6) is -0.687. The summed E-state index contributed by atoms with van der Waals surface area (Å²) in [7, 11) is 1.50. The number of halogens is 1. The third kappa shape index (κ3) is 4.92. The van der Waals surface area contributed by atoms with Crippen LogP contribution in [-0.2, 0) is 11.3 Å². The summed E-state index contributed by atoms with van der Waals surface area (Å²) < 4.78 is 6.95. The van der Waals surface area contributed by atoms with Gasteiger partial charge in [0.1, 0.15) is 0 Å². The van der Waals surface area contributed by atoms with Crippen molar-refractivity contribution in [2.24, 2.45) is 0 Å². The summed E-state index contributed by atoms with van der Waals surface area (Å²) >= 11 is 6.22. The maximum atomic E-state index is 13.2. The lowest BCUT2D eigenvalue weighted by molar-refractivity contribution is 0.0927. The maximum absolute atomic E-state index is 13.2. The molecule has 0 spiro atoms. The molecular weight excluding hydrogens is 420 g/mol. The summed E-state index contributed by atoms with van der Waals surface area (Å²) in [6, 6.07) is 12.4. The van der Waals surface area contributed by atoms with E-state index in [0.717, 1.165) is 25.9 Å². The number of benzene rings is 2. The van der Waals surface area contributed by atoms with Gasteiger partial charge in [-0.1, -0.05) is 41.9 Å². The molecule has 0 atom stereocenters. The summed E-state index contributed by atoms with van der Waals surface area (Å²) in [5.41, 5.74) is 1.06. The molecule has 3 rings (SSSR count). The molecule has 9 heteroatoms. The third-order valence-corrected chi connectivity index (χ3v) is 5.26. The number of aryl methyl sites for hydroxylation is 2. The molecule has 0 radical (unpaired) electrons. The van der Waals surface area contributed by atoms with Crippen molar-refractivity contribution in [1.82, 2.24) is 19.7 Å². The smallest absolute Gasteiger partial charge is 0.352 e. The zero-order chi connectivity index (χ0) is 22.5. The van der Waals surface area contributed by atoms with Crippen molar-refractivity contribution >= 4 is 17.5 Å². The molecule has 0 aliphatic heterocycles. The van der Waals surface area contributed by atoms with Crippen molar-refractivity contribution in [2.75, 3.05) is 20.3 Å². The van der Waals surface area contributed by atoms with Crippen molar-refractivity contribution in [1.29, 1.82) is 0 Å². The van der Waals surface area contributed by atoms with Crippen LogP contribution in [0, 0.1) is 13.8 Å². The van der Waals surface area contributed by atoms with E-state index in [2.05, 4.69) is 10.4 Å². The van der Waals surface area contributed by atoms with Crippen molar-refractivity contribution in [2.45, 2.75) is 20.4 Å². The van der Waals surface area contributed by atoms with E-state index in [1.165, 1.54) is 7.11 Å². The first-order chi connectivity index (χ1) is 14.8. The first kappa shape index (κ1) is 22.5. The van der Waals surface area contributed by atoms with Gasteiger partial charge in [0.2, 0.25) is 5.69 Å². The fraction of sp³-hybridized carbons (Fsp3) is 0.273. The molecular formula is C22H23ClN4O4. The molecule has 0 saturated carbocycles. The lowest BCUT2D eigenvalue weighted by Gasteiger charge is -2.14. The molecule has 0 fully saturated rings. The maximum Gasteiger partial charge on any atom is 0.352 e. The van der Waals surface area contributed by atoms with Crippen LogP contribution in [0.2, 0.25) is 5.02 Å². The normalized spacial score (nSPS) is 10.8. The Morgan fingerprint density at radius 1 is 1.13 bits per heavy atom. The lowest BCUT2D eigenvalue weighted by Crippen LogP contribution is -2.46. The number of hydrogen-bond donors (Lipinski definition) is 1. The zero-order valence-corrected chi connectivity index (χ0v) is 18.3. The van der Waals surface area contributed by atoms with Gasteiger partial charge < -0.3 is 10.1 Å². The largest absolute Gasteiger partial charge is 0.383 e. The van der Waals surface area contributed by atoms with Crippen LogP contribution < -0.4 is 16.6 Å². The number of carbonyl (C=O) groups excluding carboxylic acids is 1. The number of nitrogens with one attached hydrogen (secondary N) is 1. The van der Waals surface area contributed by atoms with Crippen LogP contribution in [0.15, 0.2) is 52.1 Å². The highest BCUT2D eigenvalue weighted by Gasteiger charge is 2.21. The van der Waals surface area contributed by atoms with Crippen molar-refractivity contribution in [3.63, 3.8) is 0 Å². The van der Waals surface area contributed by atoms with Gasteiger partial charge in [-0.2, -0.15) is 9.78 Å². The third-order valence-electron chi connectivity index (χ3n) is 4.86. The molecule has 0 aliphatic rings. The predicted molar refractivity (Wildman–Crippen MR) is 118 cm³/mol. The molecule has 0 saturated heterocycles. The van der Waals surface area contributed by atoms with E-state index < -0.39 is 17.2 Å². The minimum Gasteiger partial charge on any atom is -0.383 e. The Kier molecular flexibility index (Phi) is 7.04. The number of methoxy groups -OCH3 is 1. The van der Waals surface area contributed by atoms with Crippen LogP contribution in [0.25, 0.3) is 5.69 Å². The van der Waals surface area contributed by atoms with Gasteiger partial charge in [-0.3, -0.25) is 14.2 Å². The van der Waals surface area contributed by atoms with Gasteiger partial charge in [-0.25, -0.2) is 4.79 Å². The zero-order valence-electron chi connectivity index (χ0n) is 17.5. The van der Waals surface area contributed by atoms with Crippen LogP contribution in [0.5, 0.6) is 0 Å². The van der Waals surface area contributed by atoms with Crippen molar-refractivity contribution < 1.29 is 9.53 Å². The summed E-state index contributed by atoms with van der Waals surface area (Å²) in [4.78, 5) is 38.9. The topological polar surface area (TPSA) is 95.2 Å². The number of hydrogen-bond acceptors (Lipinski definition) is 5. The summed E-state index contributed by atoms with van der Waals surface area (Å²) in [5, 5.41) is 7.10. The van der Waals surface area contributed by atoms with E-state index in [9.17, 15) is 14.4 Å². The van der Waals surface area contributed by atoms with E-state index in [4.69, 9.17) is 16.3 Å². The van der Waals surface area contributed by atoms with Gasteiger partial charge in [0, 0.05) is 18.7 Å². The van der Waals surface area contributed by atoms with Crippen LogP contribution in [0.1, 0.15) is 27.2 Å². The summed E-state index contributed by atoms with van der Waals surface area (Å²) in [6.45, 7) is 4.19. The van der Waals surface area contributed by atoms with Crippen LogP contribution in [0.3, 0.4) is 0 Å². The molecule has 2 aromatic carbocycles. The molecule has 0 unspecified atom stereocenters. The summed E-state index contributed by atoms with van der Waals surface area (Å²) in [6.07, 6.45) is 0. The Balaban J connectivity index is 2.18. The molecule has 3 aromatic rings. The monoisotopic (exact) mass is 442 g/mol. The molecule has 1 heterocycles. The first-order valence-corrected chi connectivity index (χ1v) is 10.0. The average Bonchev–Trinajstić information content (AvgIpc) is 2.74. The molecule has 0 aliphatic carbocycles. The minimum absolute atomic E-state index is 0.00477. The van der Waals surface area contributed by atoms with Crippen molar-refractivity contribution in [3.8, 4) is 5.69 Å². The highest BCUT2D eigenvalue weighted by Crippen LogP contribution is 2.18. The van der Waals surface area contributed by atoms with E-state index in [1.807, 2.05) is 38.1 Å². The van der Waals surface area contributed by atoms with Gasteiger partial charge in [0.05, 0.1) is 18.8 Å². The Morgan fingerprint density at radius 2 is 1.87 bits per heavy atom. The second kappa shape index (κ2) is 9.72. The van der Waals surface area contributed by atoms with Crippen LogP contribution in [-0.4, -0.2) is 40.5 Å². The molecule has 1 aromatic heterocycles. The lowest BCUT2D eigenvalue weighted by atomic mass is 10.1. The van der Waals surface area contributed by atoms with E-state index in [0.29, 0.717) is 10.7 Å². The standard InChI is InChI=1S/C22H23ClN4O4/c1-14-6-4-5-7-16(14)13-26-21(29)19(20(28)24-10-11-31-3)25-27(22(26)30)17-9-8-15(2)18(23)12-17/h4-9,12H,10-11,13H2,1-3H3,(H,24,28). The fourth-order valence-corrected chi connectivity index (χ4v) is 3.16. The number of rotatable bonds is 7. The van der Waals surface area contributed by atoms with Gasteiger partial charge >= 0.3 is 5.69 Å². The highest BCUT2D eigenvalue weighted by atomic mass is 35.5. The van der Waals surface area contributed by atoms with Crippen LogP contribution >= 0.6 is 11.6 Å².